The second-order valence-electron chi connectivity index (χ2n) is 10.3. The molecule has 3 aromatic rings. The van der Waals surface area contributed by atoms with E-state index in [2.05, 4.69) is 22.0 Å². The van der Waals surface area contributed by atoms with Gasteiger partial charge in [0.15, 0.2) is 0 Å². The fraction of sp³-hybridized carbons (Fsp3) is 0.375. The minimum absolute atomic E-state index is 0.0880. The van der Waals surface area contributed by atoms with Crippen LogP contribution in [0, 0.1) is 0 Å². The number of piperidine rings is 1. The van der Waals surface area contributed by atoms with Crippen LogP contribution in [0.25, 0.3) is 0 Å². The molecule has 0 aromatic heterocycles. The van der Waals surface area contributed by atoms with Gasteiger partial charge in [-0.25, -0.2) is 0 Å². The van der Waals surface area contributed by atoms with E-state index in [1.807, 2.05) is 84.9 Å². The van der Waals surface area contributed by atoms with Crippen LogP contribution in [0.2, 0.25) is 0 Å². The van der Waals surface area contributed by atoms with Crippen molar-refractivity contribution >= 4 is 17.5 Å². The lowest BCUT2D eigenvalue weighted by Gasteiger charge is -2.39. The molecule has 1 aliphatic heterocycles. The second kappa shape index (κ2) is 11.7. The van der Waals surface area contributed by atoms with Gasteiger partial charge in [-0.1, -0.05) is 67.6 Å². The Kier molecular flexibility index (Phi) is 8.00. The average Bonchev–Trinajstić information content (AvgIpc) is 3.77. The van der Waals surface area contributed by atoms with Gasteiger partial charge in [0, 0.05) is 36.4 Å². The molecule has 0 unspecified atom stereocenters. The maximum Gasteiger partial charge on any atom is 0.254 e. The number of benzene rings is 3. The Bertz CT molecular complexity index is 1130. The quantitative estimate of drug-likeness (QED) is 0.400. The number of carbonyl (C=O) groups is 2. The largest absolute Gasteiger partial charge is 0.333 e. The van der Waals surface area contributed by atoms with Gasteiger partial charge in [0.05, 0.1) is 5.92 Å². The van der Waals surface area contributed by atoms with Gasteiger partial charge in [-0.2, -0.15) is 0 Å². The van der Waals surface area contributed by atoms with Crippen LogP contribution in [0.5, 0.6) is 0 Å². The monoisotopic (exact) mass is 495 g/mol. The fourth-order valence-electron chi connectivity index (χ4n) is 5.57. The summed E-state index contributed by atoms with van der Waals surface area (Å²) in [6.45, 7) is 5.52. The maximum atomic E-state index is 13.6. The van der Waals surface area contributed by atoms with Crippen LogP contribution in [-0.4, -0.2) is 53.3 Å². The van der Waals surface area contributed by atoms with Gasteiger partial charge < -0.3 is 15.1 Å². The van der Waals surface area contributed by atoms with Gasteiger partial charge in [0.25, 0.3) is 5.91 Å². The van der Waals surface area contributed by atoms with Crippen LogP contribution in [0.4, 0.5) is 5.69 Å². The van der Waals surface area contributed by atoms with E-state index in [-0.39, 0.29) is 11.8 Å². The molecular formula is C32H37N3O2. The van der Waals surface area contributed by atoms with Crippen molar-refractivity contribution in [1.82, 2.24) is 9.80 Å². The Hall–Kier alpha value is -3.44. The van der Waals surface area contributed by atoms with Crippen LogP contribution in [0.15, 0.2) is 84.9 Å². The minimum atomic E-state index is -0.410. The molecule has 1 aliphatic carbocycles. The van der Waals surface area contributed by atoms with Gasteiger partial charge in [0.2, 0.25) is 5.91 Å². The first kappa shape index (κ1) is 25.2. The van der Waals surface area contributed by atoms with Crippen LogP contribution < -0.4 is 5.32 Å². The van der Waals surface area contributed by atoms with Crippen molar-refractivity contribution in [3.05, 3.63) is 102 Å². The molecule has 1 saturated carbocycles. The highest BCUT2D eigenvalue weighted by molar-refractivity contribution is 5.99. The summed E-state index contributed by atoms with van der Waals surface area (Å²) in [6, 6.07) is 27.8. The number of rotatable bonds is 9. The molecular weight excluding hydrogens is 458 g/mol. The Morgan fingerprint density at radius 1 is 0.811 bits per heavy atom. The van der Waals surface area contributed by atoms with Crippen molar-refractivity contribution in [3.63, 3.8) is 0 Å². The van der Waals surface area contributed by atoms with Crippen LogP contribution in [-0.2, 0) is 4.79 Å². The van der Waals surface area contributed by atoms with Crippen molar-refractivity contribution in [2.45, 2.75) is 57.0 Å². The Balaban J connectivity index is 1.28. The first-order valence-corrected chi connectivity index (χ1v) is 13.7. The second-order valence-corrected chi connectivity index (χ2v) is 10.3. The first-order valence-electron chi connectivity index (χ1n) is 13.7. The van der Waals surface area contributed by atoms with Gasteiger partial charge in [0.1, 0.15) is 0 Å². The molecule has 0 spiro atoms. The van der Waals surface area contributed by atoms with Crippen LogP contribution >= 0.6 is 0 Å². The van der Waals surface area contributed by atoms with Crippen molar-refractivity contribution in [2.24, 2.45) is 0 Å². The Morgan fingerprint density at radius 2 is 1.35 bits per heavy atom. The van der Waals surface area contributed by atoms with E-state index in [1.165, 1.54) is 6.42 Å². The molecule has 192 valence electrons. The minimum Gasteiger partial charge on any atom is -0.333 e. The summed E-state index contributed by atoms with van der Waals surface area (Å²) in [4.78, 5) is 31.7. The summed E-state index contributed by atoms with van der Waals surface area (Å²) in [7, 11) is 0. The molecule has 5 rings (SSSR count). The Morgan fingerprint density at radius 3 is 1.86 bits per heavy atom. The van der Waals surface area contributed by atoms with Crippen molar-refractivity contribution in [1.29, 1.82) is 0 Å². The topological polar surface area (TPSA) is 52.6 Å². The molecule has 2 aliphatic rings. The molecule has 37 heavy (non-hydrogen) atoms. The molecule has 2 amide bonds. The van der Waals surface area contributed by atoms with Gasteiger partial charge >= 0.3 is 0 Å². The third kappa shape index (κ3) is 6.11. The normalized spacial score (nSPS) is 16.5. The van der Waals surface area contributed by atoms with E-state index in [0.717, 1.165) is 56.4 Å². The number of hydrogen-bond donors (Lipinski definition) is 1. The zero-order chi connectivity index (χ0) is 25.6. The smallest absolute Gasteiger partial charge is 0.254 e. The summed E-state index contributed by atoms with van der Waals surface area (Å²) in [5.74, 6) is -0.372. The summed E-state index contributed by atoms with van der Waals surface area (Å²) >= 11 is 0. The number of carbonyl (C=O) groups excluding carboxylic acids is 2. The van der Waals surface area contributed by atoms with Crippen LogP contribution in [0.3, 0.4) is 0 Å². The summed E-state index contributed by atoms with van der Waals surface area (Å²) in [5.41, 5.74) is 3.29. The molecule has 5 nitrogen and oxygen atoms in total. The third-order valence-corrected chi connectivity index (χ3v) is 7.59. The standard InChI is InChI=1S/C32H37N3O2/c1-2-21-34-22-19-29(20-23-34)35(28-17-18-28)32(37)26-13-15-27(16-14-26)33-31(36)30(24-9-5-3-6-10-24)25-11-7-4-8-12-25/h3-16,28-30H,2,17-23H2,1H3,(H,33,36). The van der Waals surface area contributed by atoms with E-state index in [1.54, 1.807) is 0 Å². The highest BCUT2D eigenvalue weighted by Gasteiger charge is 2.38. The van der Waals surface area contributed by atoms with E-state index in [9.17, 15) is 9.59 Å². The number of likely N-dealkylation sites (tertiary alicyclic amines) is 1. The highest BCUT2D eigenvalue weighted by Crippen LogP contribution is 2.33. The molecule has 0 atom stereocenters. The SMILES string of the molecule is CCCN1CCC(N(C(=O)c2ccc(NC(=O)C(c3ccccc3)c3ccccc3)cc2)C2CC2)CC1. The molecule has 3 aromatic carbocycles. The number of anilines is 1. The van der Waals surface area contributed by atoms with Gasteiger partial charge in [-0.15, -0.1) is 0 Å². The molecule has 2 fully saturated rings. The number of nitrogens with one attached hydrogen (secondary N) is 1. The zero-order valence-electron chi connectivity index (χ0n) is 21.7. The average molecular weight is 496 g/mol. The fourth-order valence-corrected chi connectivity index (χ4v) is 5.57. The van der Waals surface area contributed by atoms with E-state index < -0.39 is 5.92 Å². The lowest BCUT2D eigenvalue weighted by atomic mass is 9.90. The van der Waals surface area contributed by atoms with E-state index in [0.29, 0.717) is 23.3 Å². The maximum absolute atomic E-state index is 13.6. The summed E-state index contributed by atoms with van der Waals surface area (Å²) in [6.07, 6.45) is 5.49. The highest BCUT2D eigenvalue weighted by atomic mass is 16.2. The van der Waals surface area contributed by atoms with E-state index >= 15 is 0 Å². The van der Waals surface area contributed by atoms with Gasteiger partial charge in [-0.05, 0) is 74.0 Å². The van der Waals surface area contributed by atoms with Crippen molar-refractivity contribution < 1.29 is 9.59 Å². The number of nitrogens with zero attached hydrogens (tertiary/aromatic N) is 2. The van der Waals surface area contributed by atoms with E-state index in [4.69, 9.17) is 0 Å². The molecule has 0 bridgehead atoms. The Labute approximate surface area is 220 Å². The number of hydrogen-bond acceptors (Lipinski definition) is 3. The first-order chi connectivity index (χ1) is 18.1. The van der Waals surface area contributed by atoms with Gasteiger partial charge in [-0.3, -0.25) is 9.59 Å². The van der Waals surface area contributed by atoms with Crippen molar-refractivity contribution in [3.8, 4) is 0 Å². The predicted molar refractivity (Wildman–Crippen MR) is 149 cm³/mol. The lowest BCUT2D eigenvalue weighted by Crippen LogP contribution is -2.48. The lowest BCUT2D eigenvalue weighted by molar-refractivity contribution is -0.116. The zero-order valence-corrected chi connectivity index (χ0v) is 21.7. The third-order valence-electron chi connectivity index (χ3n) is 7.59. The predicted octanol–water partition coefficient (Wildman–Crippen LogP) is 5.94. The van der Waals surface area contributed by atoms with Crippen molar-refractivity contribution in [2.75, 3.05) is 25.0 Å². The molecule has 1 saturated heterocycles. The van der Waals surface area contributed by atoms with Crippen LogP contribution in [0.1, 0.15) is 66.4 Å². The molecule has 5 heteroatoms. The number of amides is 2. The summed E-state index contributed by atoms with van der Waals surface area (Å²) in [5, 5.41) is 3.08. The summed E-state index contributed by atoms with van der Waals surface area (Å²) < 4.78 is 0. The molecule has 1 heterocycles. The molecule has 1 N–H and O–H groups in total. The molecule has 0 radical (unpaired) electrons.